The zero-order valence-corrected chi connectivity index (χ0v) is 8.71. The monoisotopic (exact) mass is 267 g/mol. The number of nitriles is 1. The van der Waals surface area contributed by atoms with Gasteiger partial charge in [-0.25, -0.2) is 18.5 Å². The minimum atomic E-state index is -5.02. The van der Waals surface area contributed by atoms with Gasteiger partial charge in [-0.1, -0.05) is 0 Å². The second-order valence-electron chi connectivity index (χ2n) is 2.72. The molecule has 0 aliphatic rings. The molecule has 0 aromatic carbocycles. The van der Waals surface area contributed by atoms with Gasteiger partial charge in [-0.2, -0.15) is 5.26 Å². The summed E-state index contributed by atoms with van der Waals surface area (Å²) in [5.74, 6) is -1.01. The second-order valence-corrected chi connectivity index (χ2v) is 4.25. The Balaban J connectivity index is 3.30. The van der Waals surface area contributed by atoms with E-state index >= 15 is 0 Å². The first-order valence-electron chi connectivity index (χ1n) is 3.82. The highest BCUT2D eigenvalue weighted by Crippen LogP contribution is 2.24. The number of halogens is 3. The molecule has 1 rings (SSSR count). The Kier molecular flexibility index (Phi) is 3.25. The van der Waals surface area contributed by atoms with E-state index < -0.39 is 32.7 Å². The molecule has 0 atom stereocenters. The summed E-state index contributed by atoms with van der Waals surface area (Å²) >= 11 is 0. The van der Waals surface area contributed by atoms with Crippen LogP contribution in [0.25, 0.3) is 0 Å². The lowest BCUT2D eigenvalue weighted by molar-refractivity contribution is -0.276. The lowest BCUT2D eigenvalue weighted by atomic mass is 10.3. The number of rotatable bonds is 2. The van der Waals surface area contributed by atoms with Crippen molar-refractivity contribution in [2.75, 3.05) is 0 Å². The van der Waals surface area contributed by atoms with Crippen LogP contribution < -0.4 is 9.88 Å². The molecule has 0 spiro atoms. The third kappa shape index (κ3) is 3.58. The van der Waals surface area contributed by atoms with Gasteiger partial charge in [-0.15, -0.1) is 13.2 Å². The van der Waals surface area contributed by atoms with Crippen molar-refractivity contribution >= 4 is 10.0 Å². The Morgan fingerprint density at radius 3 is 2.47 bits per heavy atom. The van der Waals surface area contributed by atoms with Gasteiger partial charge in [0.1, 0.15) is 11.0 Å². The van der Waals surface area contributed by atoms with Crippen LogP contribution in [-0.2, 0) is 10.0 Å². The maximum atomic E-state index is 11.8. The molecule has 0 saturated heterocycles. The molecule has 1 aromatic heterocycles. The predicted molar refractivity (Wildman–Crippen MR) is 47.0 cm³/mol. The van der Waals surface area contributed by atoms with Crippen LogP contribution in [0, 0.1) is 11.3 Å². The van der Waals surface area contributed by atoms with Crippen LogP contribution in [0.1, 0.15) is 5.56 Å². The van der Waals surface area contributed by atoms with Gasteiger partial charge in [0, 0.05) is 6.07 Å². The molecule has 10 heteroatoms. The molecule has 0 bridgehead atoms. The molecule has 0 saturated carbocycles. The fourth-order valence-corrected chi connectivity index (χ4v) is 1.58. The summed E-state index contributed by atoms with van der Waals surface area (Å²) in [6, 6.07) is 1.87. The first-order chi connectivity index (χ1) is 7.63. The molecule has 6 nitrogen and oxygen atoms in total. The van der Waals surface area contributed by atoms with E-state index in [9.17, 15) is 21.6 Å². The first-order valence-corrected chi connectivity index (χ1v) is 5.37. The van der Waals surface area contributed by atoms with Crippen LogP contribution in [0.4, 0.5) is 13.2 Å². The number of pyridine rings is 1. The van der Waals surface area contributed by atoms with Crippen molar-refractivity contribution in [1.29, 1.82) is 5.26 Å². The molecule has 92 valence electrons. The molecule has 0 fully saturated rings. The Morgan fingerprint density at radius 2 is 2.06 bits per heavy atom. The van der Waals surface area contributed by atoms with Crippen LogP contribution in [0.3, 0.4) is 0 Å². The number of alkyl halides is 3. The Labute approximate surface area is 93.5 Å². The third-order valence-electron chi connectivity index (χ3n) is 1.49. The van der Waals surface area contributed by atoms with Crippen LogP contribution in [0.5, 0.6) is 5.88 Å². The van der Waals surface area contributed by atoms with E-state index in [0.29, 0.717) is 12.3 Å². The summed E-state index contributed by atoms with van der Waals surface area (Å²) < 4.78 is 60.9. The number of nitrogens with zero attached hydrogens (tertiary/aromatic N) is 2. The standard InChI is InChI=1S/C7H4F3N3O3S/c8-7(9,10)16-6-1-5(17(12,14)15)4(2-11)3-13-6/h1,3H,(H2,12,14,15). The fourth-order valence-electron chi connectivity index (χ4n) is 0.913. The maximum absolute atomic E-state index is 11.8. The lowest BCUT2D eigenvalue weighted by Gasteiger charge is -2.08. The van der Waals surface area contributed by atoms with Gasteiger partial charge >= 0.3 is 6.36 Å². The van der Waals surface area contributed by atoms with Crippen LogP contribution in [0.15, 0.2) is 17.2 Å². The smallest absolute Gasteiger partial charge is 0.388 e. The molecule has 2 N–H and O–H groups in total. The van der Waals surface area contributed by atoms with Crippen molar-refractivity contribution in [1.82, 2.24) is 4.98 Å². The zero-order valence-electron chi connectivity index (χ0n) is 7.89. The van der Waals surface area contributed by atoms with Gasteiger partial charge < -0.3 is 4.74 Å². The summed E-state index contributed by atoms with van der Waals surface area (Å²) in [6.07, 6.45) is -4.39. The third-order valence-corrected chi connectivity index (χ3v) is 2.44. The first kappa shape index (κ1) is 13.2. The van der Waals surface area contributed by atoms with Gasteiger partial charge in [0.2, 0.25) is 15.9 Å². The predicted octanol–water partition coefficient (Wildman–Crippen LogP) is 0.499. The van der Waals surface area contributed by atoms with Crippen LogP contribution in [-0.4, -0.2) is 19.8 Å². The molecule has 0 amide bonds. The summed E-state index contributed by atoms with van der Waals surface area (Å²) in [4.78, 5) is 2.34. The van der Waals surface area contributed by atoms with Crippen molar-refractivity contribution in [2.24, 2.45) is 5.14 Å². The topological polar surface area (TPSA) is 106 Å². The molecular weight excluding hydrogens is 263 g/mol. The zero-order chi connectivity index (χ0) is 13.3. The van der Waals surface area contributed by atoms with Gasteiger partial charge in [0.25, 0.3) is 0 Å². The molecule has 0 unspecified atom stereocenters. The highest BCUT2D eigenvalue weighted by atomic mass is 32.2. The molecular formula is C7H4F3N3O3S. The molecule has 1 heterocycles. The van der Waals surface area contributed by atoms with Gasteiger partial charge in [0.15, 0.2) is 0 Å². The minimum absolute atomic E-state index is 0.432. The van der Waals surface area contributed by atoms with Crippen molar-refractivity contribution in [2.45, 2.75) is 11.3 Å². The number of primary sulfonamides is 1. The van der Waals surface area contributed by atoms with Gasteiger partial charge in [-0.05, 0) is 0 Å². The van der Waals surface area contributed by atoms with E-state index in [0.717, 1.165) is 0 Å². The lowest BCUT2D eigenvalue weighted by Crippen LogP contribution is -2.19. The highest BCUT2D eigenvalue weighted by molar-refractivity contribution is 7.89. The van der Waals surface area contributed by atoms with E-state index in [2.05, 4.69) is 9.72 Å². The maximum Gasteiger partial charge on any atom is 0.574 e. The Morgan fingerprint density at radius 1 is 1.47 bits per heavy atom. The summed E-state index contributed by atoms with van der Waals surface area (Å²) in [6.45, 7) is 0. The molecule has 0 radical (unpaired) electrons. The largest absolute Gasteiger partial charge is 0.574 e. The van der Waals surface area contributed by atoms with Crippen molar-refractivity contribution < 1.29 is 26.3 Å². The molecule has 1 aromatic rings. The van der Waals surface area contributed by atoms with Gasteiger partial charge in [-0.3, -0.25) is 0 Å². The van der Waals surface area contributed by atoms with Crippen LogP contribution in [0.2, 0.25) is 0 Å². The van der Waals surface area contributed by atoms with Crippen molar-refractivity contribution in [3.63, 3.8) is 0 Å². The van der Waals surface area contributed by atoms with E-state index in [-0.39, 0.29) is 0 Å². The number of aromatic nitrogens is 1. The Hall–Kier alpha value is -1.86. The van der Waals surface area contributed by atoms with E-state index in [1.54, 1.807) is 0 Å². The summed E-state index contributed by atoms with van der Waals surface area (Å²) in [7, 11) is -4.33. The van der Waals surface area contributed by atoms with E-state index in [1.807, 2.05) is 0 Å². The number of hydrogen-bond acceptors (Lipinski definition) is 5. The highest BCUT2D eigenvalue weighted by Gasteiger charge is 2.32. The minimum Gasteiger partial charge on any atom is -0.388 e. The second kappa shape index (κ2) is 4.19. The average Bonchev–Trinajstić information content (AvgIpc) is 2.13. The number of sulfonamides is 1. The van der Waals surface area contributed by atoms with Crippen LogP contribution >= 0.6 is 0 Å². The SMILES string of the molecule is N#Cc1cnc(OC(F)(F)F)cc1S(N)(=O)=O. The molecule has 0 aliphatic heterocycles. The van der Waals surface area contributed by atoms with E-state index in [4.69, 9.17) is 10.4 Å². The fraction of sp³-hybridized carbons (Fsp3) is 0.143. The molecule has 17 heavy (non-hydrogen) atoms. The summed E-state index contributed by atoms with van der Waals surface area (Å²) in [5.41, 5.74) is -0.470. The number of nitrogens with two attached hydrogens (primary N) is 1. The van der Waals surface area contributed by atoms with Crippen molar-refractivity contribution in [3.05, 3.63) is 17.8 Å². The van der Waals surface area contributed by atoms with Crippen molar-refractivity contribution in [3.8, 4) is 11.9 Å². The molecule has 0 aliphatic carbocycles. The summed E-state index contributed by atoms with van der Waals surface area (Å²) in [5, 5.41) is 13.3. The quantitative estimate of drug-likeness (QED) is 0.839. The number of hydrogen-bond donors (Lipinski definition) is 1. The Bertz CT molecular complexity index is 576. The average molecular weight is 267 g/mol. The van der Waals surface area contributed by atoms with E-state index in [1.165, 1.54) is 6.07 Å². The number of ether oxygens (including phenoxy) is 1. The van der Waals surface area contributed by atoms with Gasteiger partial charge in [0.05, 0.1) is 11.8 Å². The normalized spacial score (nSPS) is 11.9.